The molecule has 1 atom stereocenters. The zero-order valence-electron chi connectivity index (χ0n) is 10.8. The lowest BCUT2D eigenvalue weighted by molar-refractivity contribution is 0.475. The molecular weight excluding hydrogens is 243 g/mol. The Morgan fingerprint density at radius 3 is 2.21 bits per heavy atom. The Bertz CT molecular complexity index is 525. The Morgan fingerprint density at radius 2 is 1.68 bits per heavy atom. The number of halogens is 1. The van der Waals surface area contributed by atoms with Gasteiger partial charge in [-0.2, -0.15) is 0 Å². The number of nitrogens with zero attached hydrogens (tertiary/aromatic N) is 1. The van der Waals surface area contributed by atoms with Crippen LogP contribution >= 0.6 is 0 Å². The molecule has 2 aromatic carbocycles. The average molecular weight is 260 g/mol. The molecule has 3 N–H and O–H groups in total. The standard InChI is InChI=1S/C15H17FN2O/c1-18(13-6-8-14(19)9-7-13)15(10-17)11-2-4-12(16)5-3-11/h2-9,15,19H,10,17H2,1H3. The minimum absolute atomic E-state index is 0.0369. The predicted molar refractivity (Wildman–Crippen MR) is 74.7 cm³/mol. The number of nitrogens with two attached hydrogens (primary N) is 1. The molecule has 19 heavy (non-hydrogen) atoms. The summed E-state index contributed by atoms with van der Waals surface area (Å²) in [5.41, 5.74) is 7.73. The van der Waals surface area contributed by atoms with E-state index in [9.17, 15) is 9.50 Å². The molecule has 2 aromatic rings. The maximum atomic E-state index is 12.9. The monoisotopic (exact) mass is 260 g/mol. The van der Waals surface area contributed by atoms with Gasteiger partial charge in [0.15, 0.2) is 0 Å². The molecule has 3 nitrogen and oxygen atoms in total. The molecule has 0 aliphatic rings. The summed E-state index contributed by atoms with van der Waals surface area (Å²) in [5.74, 6) is -0.0324. The Labute approximate surface area is 112 Å². The maximum absolute atomic E-state index is 12.9. The van der Waals surface area contributed by atoms with Crippen molar-refractivity contribution >= 4 is 5.69 Å². The molecule has 0 heterocycles. The van der Waals surface area contributed by atoms with Crippen LogP contribution in [0.4, 0.5) is 10.1 Å². The van der Waals surface area contributed by atoms with Crippen molar-refractivity contribution in [3.8, 4) is 5.75 Å². The van der Waals surface area contributed by atoms with Crippen LogP contribution in [0.3, 0.4) is 0 Å². The first-order valence-corrected chi connectivity index (χ1v) is 6.09. The summed E-state index contributed by atoms with van der Waals surface area (Å²) < 4.78 is 12.9. The van der Waals surface area contributed by atoms with E-state index in [-0.39, 0.29) is 17.6 Å². The summed E-state index contributed by atoms with van der Waals surface area (Å²) in [6.45, 7) is 0.420. The Balaban J connectivity index is 2.26. The van der Waals surface area contributed by atoms with Gasteiger partial charge in [0.05, 0.1) is 6.04 Å². The van der Waals surface area contributed by atoms with Gasteiger partial charge >= 0.3 is 0 Å². The molecule has 0 aromatic heterocycles. The third kappa shape index (κ3) is 3.03. The molecule has 0 radical (unpaired) electrons. The SMILES string of the molecule is CN(c1ccc(O)cc1)C(CN)c1ccc(F)cc1. The molecule has 0 amide bonds. The molecule has 0 saturated carbocycles. The van der Waals surface area contributed by atoms with E-state index in [0.717, 1.165) is 11.3 Å². The van der Waals surface area contributed by atoms with Crippen LogP contribution in [0.2, 0.25) is 0 Å². The van der Waals surface area contributed by atoms with Crippen molar-refractivity contribution in [2.75, 3.05) is 18.5 Å². The van der Waals surface area contributed by atoms with Gasteiger partial charge in [0.1, 0.15) is 11.6 Å². The first-order valence-electron chi connectivity index (χ1n) is 6.09. The van der Waals surface area contributed by atoms with Crippen molar-refractivity contribution < 1.29 is 9.50 Å². The summed E-state index contributed by atoms with van der Waals surface area (Å²) in [6, 6.07) is 13.2. The van der Waals surface area contributed by atoms with Crippen LogP contribution in [-0.2, 0) is 0 Å². The van der Waals surface area contributed by atoms with Crippen LogP contribution in [0.5, 0.6) is 5.75 Å². The van der Waals surface area contributed by atoms with Gasteiger partial charge in [-0.3, -0.25) is 0 Å². The number of anilines is 1. The molecular formula is C15H17FN2O. The van der Waals surface area contributed by atoms with Crippen LogP contribution in [0.1, 0.15) is 11.6 Å². The van der Waals surface area contributed by atoms with Gasteiger partial charge in [0.25, 0.3) is 0 Å². The van der Waals surface area contributed by atoms with Crippen LogP contribution < -0.4 is 10.6 Å². The van der Waals surface area contributed by atoms with Crippen molar-refractivity contribution in [3.05, 3.63) is 59.9 Å². The fourth-order valence-electron chi connectivity index (χ4n) is 2.07. The topological polar surface area (TPSA) is 49.5 Å². The second-order valence-corrected chi connectivity index (χ2v) is 4.43. The summed E-state index contributed by atoms with van der Waals surface area (Å²) in [6.07, 6.45) is 0. The lowest BCUT2D eigenvalue weighted by atomic mass is 10.0. The lowest BCUT2D eigenvalue weighted by Gasteiger charge is -2.29. The Morgan fingerprint density at radius 1 is 1.11 bits per heavy atom. The smallest absolute Gasteiger partial charge is 0.123 e. The summed E-state index contributed by atoms with van der Waals surface area (Å²) in [5, 5.41) is 9.30. The van der Waals surface area contributed by atoms with Crippen LogP contribution in [0, 0.1) is 5.82 Å². The van der Waals surface area contributed by atoms with Crippen LogP contribution in [0.15, 0.2) is 48.5 Å². The highest BCUT2D eigenvalue weighted by Gasteiger charge is 2.16. The maximum Gasteiger partial charge on any atom is 0.123 e. The highest BCUT2D eigenvalue weighted by atomic mass is 19.1. The minimum atomic E-state index is -0.258. The number of hydrogen-bond donors (Lipinski definition) is 2. The van der Waals surface area contributed by atoms with Crippen molar-refractivity contribution in [1.82, 2.24) is 0 Å². The number of likely N-dealkylation sites (N-methyl/N-ethyl adjacent to an activating group) is 1. The van der Waals surface area contributed by atoms with Crippen molar-refractivity contribution in [2.45, 2.75) is 6.04 Å². The van der Waals surface area contributed by atoms with E-state index in [1.54, 1.807) is 24.3 Å². The van der Waals surface area contributed by atoms with Gasteiger partial charge in [-0.1, -0.05) is 12.1 Å². The quantitative estimate of drug-likeness (QED) is 0.888. The number of phenols is 1. The number of aromatic hydroxyl groups is 1. The largest absolute Gasteiger partial charge is 0.508 e. The number of benzene rings is 2. The fraction of sp³-hybridized carbons (Fsp3) is 0.200. The van der Waals surface area contributed by atoms with Gasteiger partial charge in [-0.15, -0.1) is 0 Å². The molecule has 2 rings (SSSR count). The third-order valence-electron chi connectivity index (χ3n) is 3.20. The van der Waals surface area contributed by atoms with E-state index in [4.69, 9.17) is 5.73 Å². The lowest BCUT2D eigenvalue weighted by Crippen LogP contribution is -2.30. The zero-order chi connectivity index (χ0) is 13.8. The summed E-state index contributed by atoms with van der Waals surface area (Å²) >= 11 is 0. The van der Waals surface area contributed by atoms with E-state index in [1.165, 1.54) is 12.1 Å². The van der Waals surface area contributed by atoms with E-state index in [1.807, 2.05) is 24.1 Å². The summed E-state index contributed by atoms with van der Waals surface area (Å²) in [7, 11) is 1.92. The van der Waals surface area contributed by atoms with E-state index in [2.05, 4.69) is 0 Å². The molecule has 1 unspecified atom stereocenters. The molecule has 0 aliphatic heterocycles. The number of rotatable bonds is 4. The normalized spacial score (nSPS) is 12.2. The van der Waals surface area contributed by atoms with Gasteiger partial charge in [0, 0.05) is 19.3 Å². The van der Waals surface area contributed by atoms with Crippen molar-refractivity contribution in [1.29, 1.82) is 0 Å². The average Bonchev–Trinajstić information content (AvgIpc) is 2.42. The molecule has 100 valence electrons. The second kappa shape index (κ2) is 5.71. The third-order valence-corrected chi connectivity index (χ3v) is 3.20. The number of hydrogen-bond acceptors (Lipinski definition) is 3. The Kier molecular flexibility index (Phi) is 4.02. The van der Waals surface area contributed by atoms with Gasteiger partial charge in [0.2, 0.25) is 0 Å². The molecule has 0 fully saturated rings. The summed E-state index contributed by atoms with van der Waals surface area (Å²) in [4.78, 5) is 2.01. The molecule has 4 heteroatoms. The van der Waals surface area contributed by atoms with Gasteiger partial charge in [-0.25, -0.2) is 4.39 Å². The highest BCUT2D eigenvalue weighted by molar-refractivity contribution is 5.50. The van der Waals surface area contributed by atoms with E-state index >= 15 is 0 Å². The van der Waals surface area contributed by atoms with Crippen molar-refractivity contribution in [3.63, 3.8) is 0 Å². The van der Waals surface area contributed by atoms with Crippen LogP contribution in [-0.4, -0.2) is 18.7 Å². The minimum Gasteiger partial charge on any atom is -0.508 e. The first kappa shape index (κ1) is 13.4. The first-order chi connectivity index (χ1) is 9.11. The van der Waals surface area contributed by atoms with Gasteiger partial charge < -0.3 is 15.7 Å². The van der Waals surface area contributed by atoms with Crippen LogP contribution in [0.25, 0.3) is 0 Å². The van der Waals surface area contributed by atoms with E-state index < -0.39 is 0 Å². The Hall–Kier alpha value is -2.07. The molecule has 0 spiro atoms. The molecule has 0 aliphatic carbocycles. The highest BCUT2D eigenvalue weighted by Crippen LogP contribution is 2.26. The second-order valence-electron chi connectivity index (χ2n) is 4.43. The van der Waals surface area contributed by atoms with Gasteiger partial charge in [-0.05, 0) is 42.0 Å². The molecule has 0 saturated heterocycles. The zero-order valence-corrected chi connectivity index (χ0v) is 10.8. The van der Waals surface area contributed by atoms with E-state index in [0.29, 0.717) is 6.54 Å². The predicted octanol–water partition coefficient (Wildman–Crippen LogP) is 2.67. The number of phenolic OH excluding ortho intramolecular Hbond substituents is 1. The van der Waals surface area contributed by atoms with Crippen molar-refractivity contribution in [2.24, 2.45) is 5.73 Å². The molecule has 0 bridgehead atoms. The fourth-order valence-corrected chi connectivity index (χ4v) is 2.07.